The topological polar surface area (TPSA) is 212 Å². The molecule has 132 valence electrons. The van der Waals surface area contributed by atoms with Gasteiger partial charge in [-0.05, 0) is 0 Å². The van der Waals surface area contributed by atoms with Gasteiger partial charge in [-0.15, -0.1) is 0 Å². The lowest BCUT2D eigenvalue weighted by Crippen LogP contribution is -2.40. The van der Waals surface area contributed by atoms with Crippen LogP contribution >= 0.6 is 7.82 Å². The van der Waals surface area contributed by atoms with Crippen LogP contribution in [-0.4, -0.2) is 59.3 Å². The molecule has 2 aromatic rings. The first-order valence-corrected chi connectivity index (χ1v) is 8.22. The van der Waals surface area contributed by atoms with Crippen molar-refractivity contribution in [3.63, 3.8) is 0 Å². The van der Waals surface area contributed by atoms with Crippen LogP contribution in [0.4, 0.5) is 5.95 Å². The molecule has 14 heteroatoms. The highest BCUT2D eigenvalue weighted by atomic mass is 31.2. The van der Waals surface area contributed by atoms with Crippen LogP contribution in [-0.2, 0) is 13.8 Å². The summed E-state index contributed by atoms with van der Waals surface area (Å²) in [7, 11) is -4.72. The van der Waals surface area contributed by atoms with Gasteiger partial charge in [-0.2, -0.15) is 4.98 Å². The number of aliphatic hydroxyl groups excluding tert-OH is 1. The van der Waals surface area contributed by atoms with E-state index in [1.165, 1.54) is 10.9 Å². The van der Waals surface area contributed by atoms with E-state index in [9.17, 15) is 14.5 Å². The standard InChI is InChI=1S/C10H15N6O7P/c11-4-6(17)3(1-22-24(19,20)21)23-9(4)16-2-13-5-7(16)14-10(12)15-8(5)18/h2-4,6,9,17H,1,11H2,(H2,19,20,21)(H3,12,14,15,18). The quantitative estimate of drug-likeness (QED) is 0.310. The maximum absolute atomic E-state index is 11.8. The zero-order valence-corrected chi connectivity index (χ0v) is 12.9. The van der Waals surface area contributed by atoms with E-state index in [1.54, 1.807) is 0 Å². The van der Waals surface area contributed by atoms with Crippen molar-refractivity contribution in [2.75, 3.05) is 12.3 Å². The van der Waals surface area contributed by atoms with Gasteiger partial charge in [0.25, 0.3) is 5.56 Å². The Balaban J connectivity index is 1.90. The number of nitrogens with zero attached hydrogens (tertiary/aromatic N) is 3. The summed E-state index contributed by atoms with van der Waals surface area (Å²) in [5, 5.41) is 10.1. The number of hydrogen-bond donors (Lipinski definition) is 6. The number of rotatable bonds is 4. The zero-order valence-electron chi connectivity index (χ0n) is 12.0. The Kier molecular flexibility index (Phi) is 4.17. The molecule has 1 aliphatic rings. The van der Waals surface area contributed by atoms with E-state index in [2.05, 4.69) is 19.5 Å². The van der Waals surface area contributed by atoms with E-state index in [0.717, 1.165) is 0 Å². The van der Waals surface area contributed by atoms with Crippen molar-refractivity contribution in [3.8, 4) is 0 Å². The molecular weight excluding hydrogens is 347 g/mol. The minimum atomic E-state index is -4.72. The Morgan fingerprint density at radius 2 is 2.21 bits per heavy atom. The van der Waals surface area contributed by atoms with Gasteiger partial charge < -0.3 is 31.1 Å². The lowest BCUT2D eigenvalue weighted by Gasteiger charge is -2.17. The summed E-state index contributed by atoms with van der Waals surface area (Å²) in [6.45, 7) is -0.571. The first-order chi connectivity index (χ1) is 11.2. The second-order valence-electron chi connectivity index (χ2n) is 5.19. The minimum absolute atomic E-state index is 0.00408. The van der Waals surface area contributed by atoms with Crippen LogP contribution in [0.5, 0.6) is 0 Å². The first kappa shape index (κ1) is 17.0. The van der Waals surface area contributed by atoms with E-state index in [-0.39, 0.29) is 17.1 Å². The van der Waals surface area contributed by atoms with E-state index in [0.29, 0.717) is 0 Å². The Hall–Kier alpha value is -1.86. The molecule has 1 saturated heterocycles. The maximum atomic E-state index is 11.8. The Morgan fingerprint density at radius 3 is 2.88 bits per heavy atom. The lowest BCUT2D eigenvalue weighted by molar-refractivity contribution is -0.0429. The molecule has 0 bridgehead atoms. The molecule has 0 radical (unpaired) electrons. The molecule has 3 rings (SSSR count). The fourth-order valence-electron chi connectivity index (χ4n) is 2.46. The number of hydrogen-bond acceptors (Lipinski definition) is 9. The predicted molar refractivity (Wildman–Crippen MR) is 78.4 cm³/mol. The van der Waals surface area contributed by atoms with Crippen molar-refractivity contribution in [2.24, 2.45) is 5.73 Å². The van der Waals surface area contributed by atoms with Crippen molar-refractivity contribution in [1.82, 2.24) is 19.5 Å². The van der Waals surface area contributed by atoms with Crippen LogP contribution in [0.15, 0.2) is 11.1 Å². The average Bonchev–Trinajstić information content (AvgIpc) is 3.00. The number of nitrogen functional groups attached to an aromatic ring is 1. The van der Waals surface area contributed by atoms with E-state index < -0.39 is 44.5 Å². The summed E-state index contributed by atoms with van der Waals surface area (Å²) in [5.74, 6) is -0.136. The monoisotopic (exact) mass is 362 g/mol. The molecule has 4 unspecified atom stereocenters. The molecule has 3 heterocycles. The van der Waals surface area contributed by atoms with Crippen LogP contribution in [0.3, 0.4) is 0 Å². The van der Waals surface area contributed by atoms with Crippen molar-refractivity contribution < 1.29 is 28.7 Å². The third-order valence-electron chi connectivity index (χ3n) is 3.55. The second-order valence-corrected chi connectivity index (χ2v) is 6.43. The van der Waals surface area contributed by atoms with Crippen LogP contribution in [0.1, 0.15) is 6.23 Å². The molecule has 0 saturated carbocycles. The van der Waals surface area contributed by atoms with Gasteiger partial charge in [0.2, 0.25) is 5.95 Å². The number of ether oxygens (including phenoxy) is 1. The summed E-state index contributed by atoms with van der Waals surface area (Å²) in [6.07, 6.45) is -2.09. The molecule has 4 atom stereocenters. The SMILES string of the molecule is Nc1nc2c(ncn2C2OC(COP(=O)(O)O)C(O)C2N)c(=O)[nH]1. The van der Waals surface area contributed by atoms with E-state index in [1.807, 2.05) is 0 Å². The van der Waals surface area contributed by atoms with Gasteiger partial charge in [0.05, 0.1) is 19.0 Å². The molecule has 0 aliphatic carbocycles. The van der Waals surface area contributed by atoms with Crippen molar-refractivity contribution in [1.29, 1.82) is 0 Å². The van der Waals surface area contributed by atoms with Gasteiger partial charge in [0.15, 0.2) is 17.4 Å². The fourth-order valence-corrected chi connectivity index (χ4v) is 2.80. The van der Waals surface area contributed by atoms with Gasteiger partial charge in [-0.3, -0.25) is 18.9 Å². The molecule has 0 amide bonds. The van der Waals surface area contributed by atoms with Gasteiger partial charge >= 0.3 is 7.82 Å². The smallest absolute Gasteiger partial charge is 0.389 e. The zero-order chi connectivity index (χ0) is 17.6. The van der Waals surface area contributed by atoms with Gasteiger partial charge in [0, 0.05) is 0 Å². The molecule has 0 aromatic carbocycles. The first-order valence-electron chi connectivity index (χ1n) is 6.69. The fraction of sp³-hybridized carbons (Fsp3) is 0.500. The normalized spacial score (nSPS) is 27.8. The largest absolute Gasteiger partial charge is 0.469 e. The number of imidazole rings is 1. The number of nitrogens with one attached hydrogen (secondary N) is 1. The number of aromatic nitrogens is 4. The minimum Gasteiger partial charge on any atom is -0.389 e. The summed E-state index contributed by atoms with van der Waals surface area (Å²) in [4.78, 5) is 39.4. The Labute approximate surface area is 133 Å². The third kappa shape index (κ3) is 3.06. The number of phosphoric acid groups is 1. The van der Waals surface area contributed by atoms with Crippen molar-refractivity contribution >= 4 is 24.9 Å². The molecule has 2 aromatic heterocycles. The number of aromatic amines is 1. The third-order valence-corrected chi connectivity index (χ3v) is 4.04. The van der Waals surface area contributed by atoms with Crippen LogP contribution in [0, 0.1) is 0 Å². The lowest BCUT2D eigenvalue weighted by atomic mass is 10.1. The van der Waals surface area contributed by atoms with Crippen LogP contribution < -0.4 is 17.0 Å². The maximum Gasteiger partial charge on any atom is 0.469 e. The molecule has 13 nitrogen and oxygen atoms in total. The highest BCUT2D eigenvalue weighted by molar-refractivity contribution is 7.46. The number of aliphatic hydroxyl groups is 1. The van der Waals surface area contributed by atoms with Gasteiger partial charge in [0.1, 0.15) is 12.2 Å². The average molecular weight is 362 g/mol. The van der Waals surface area contributed by atoms with E-state index in [4.69, 9.17) is 26.0 Å². The summed E-state index contributed by atoms with van der Waals surface area (Å²) < 4.78 is 21.9. The molecule has 24 heavy (non-hydrogen) atoms. The van der Waals surface area contributed by atoms with Crippen molar-refractivity contribution in [2.45, 2.75) is 24.5 Å². The van der Waals surface area contributed by atoms with Crippen molar-refractivity contribution in [3.05, 3.63) is 16.7 Å². The predicted octanol–water partition coefficient (Wildman–Crippen LogP) is -2.60. The van der Waals surface area contributed by atoms with Crippen LogP contribution in [0.2, 0.25) is 0 Å². The number of fused-ring (bicyclic) bond motifs is 1. The van der Waals surface area contributed by atoms with Crippen LogP contribution in [0.25, 0.3) is 11.2 Å². The molecule has 1 aliphatic heterocycles. The number of anilines is 1. The molecule has 8 N–H and O–H groups in total. The highest BCUT2D eigenvalue weighted by Crippen LogP contribution is 2.38. The summed E-state index contributed by atoms with van der Waals surface area (Å²) >= 11 is 0. The molecule has 0 spiro atoms. The van der Waals surface area contributed by atoms with E-state index >= 15 is 0 Å². The highest BCUT2D eigenvalue weighted by Gasteiger charge is 2.44. The molecule has 1 fully saturated rings. The second kappa shape index (κ2) is 5.89. The summed E-state index contributed by atoms with van der Waals surface area (Å²) in [5.41, 5.74) is 10.9. The number of nitrogens with two attached hydrogens (primary N) is 2. The Bertz CT molecular complexity index is 861. The number of phosphoric ester groups is 1. The summed E-state index contributed by atoms with van der Waals surface area (Å²) in [6, 6.07) is -0.977. The van der Waals surface area contributed by atoms with Gasteiger partial charge in [-0.1, -0.05) is 0 Å². The number of H-pyrrole nitrogens is 1. The van der Waals surface area contributed by atoms with Gasteiger partial charge in [-0.25, -0.2) is 9.55 Å². The molecular formula is C10H15N6O7P. The Morgan fingerprint density at radius 1 is 1.50 bits per heavy atom.